The van der Waals surface area contributed by atoms with Gasteiger partial charge in [0.25, 0.3) is 5.91 Å². The molecule has 1 amide bonds. The lowest BCUT2D eigenvalue weighted by Crippen LogP contribution is -2.25. The number of rotatable bonds is 2. The Bertz CT molecular complexity index is 697. The summed E-state index contributed by atoms with van der Waals surface area (Å²) in [5, 5.41) is 6.14. The van der Waals surface area contributed by atoms with Crippen LogP contribution in [0, 0.1) is 12.7 Å². The van der Waals surface area contributed by atoms with Crippen LogP contribution in [-0.2, 0) is 13.0 Å². The molecule has 0 spiro atoms. The Labute approximate surface area is 123 Å². The summed E-state index contributed by atoms with van der Waals surface area (Å²) in [5.74, 6) is -0.890. The van der Waals surface area contributed by atoms with Gasteiger partial charge < -0.3 is 10.6 Å². The van der Waals surface area contributed by atoms with E-state index in [1.54, 1.807) is 13.0 Å². The average molecular weight is 284 g/mol. The van der Waals surface area contributed by atoms with Crippen molar-refractivity contribution in [1.29, 1.82) is 0 Å². The highest BCUT2D eigenvalue weighted by atomic mass is 19.1. The highest BCUT2D eigenvalue weighted by Gasteiger charge is 2.16. The summed E-state index contributed by atoms with van der Waals surface area (Å²) in [4.78, 5) is 12.3. The summed E-state index contributed by atoms with van der Waals surface area (Å²) in [5.41, 5.74) is 3.97. The molecule has 21 heavy (non-hydrogen) atoms. The number of aryl methyl sites for hydroxylation is 1. The van der Waals surface area contributed by atoms with Gasteiger partial charge in [-0.15, -0.1) is 0 Å². The van der Waals surface area contributed by atoms with Crippen LogP contribution in [0.25, 0.3) is 0 Å². The number of amides is 1. The zero-order valence-electron chi connectivity index (χ0n) is 11.9. The Balaban J connectivity index is 1.88. The van der Waals surface area contributed by atoms with Gasteiger partial charge in [-0.25, -0.2) is 4.39 Å². The average Bonchev–Trinajstić information content (AvgIpc) is 2.47. The molecule has 0 unspecified atom stereocenters. The minimum absolute atomic E-state index is 0.0761. The number of fused-ring (bicyclic) bond motifs is 1. The molecule has 4 heteroatoms. The van der Waals surface area contributed by atoms with E-state index in [9.17, 15) is 9.18 Å². The van der Waals surface area contributed by atoms with Crippen LogP contribution in [0.4, 0.5) is 10.1 Å². The molecular formula is C17H17FN2O. The van der Waals surface area contributed by atoms with Crippen molar-refractivity contribution in [2.45, 2.75) is 19.9 Å². The van der Waals surface area contributed by atoms with Gasteiger partial charge in [0.1, 0.15) is 5.82 Å². The van der Waals surface area contributed by atoms with Gasteiger partial charge in [-0.2, -0.15) is 0 Å². The van der Waals surface area contributed by atoms with Crippen molar-refractivity contribution in [2.75, 3.05) is 11.9 Å². The lowest BCUT2D eigenvalue weighted by molar-refractivity contribution is 0.102. The number of hydrogen-bond acceptors (Lipinski definition) is 2. The van der Waals surface area contributed by atoms with Gasteiger partial charge in [0.05, 0.1) is 5.56 Å². The molecule has 0 saturated heterocycles. The number of nitrogens with one attached hydrogen (secondary N) is 2. The van der Waals surface area contributed by atoms with E-state index >= 15 is 0 Å². The number of carbonyl (C=O) groups excluding carboxylic acids is 1. The molecular weight excluding hydrogens is 267 g/mol. The zero-order chi connectivity index (χ0) is 14.8. The smallest absolute Gasteiger partial charge is 0.258 e. The molecule has 108 valence electrons. The fourth-order valence-electron chi connectivity index (χ4n) is 2.64. The minimum atomic E-state index is -0.487. The highest BCUT2D eigenvalue weighted by molar-refractivity contribution is 6.05. The maximum absolute atomic E-state index is 13.9. The maximum Gasteiger partial charge on any atom is 0.258 e. The Kier molecular flexibility index (Phi) is 3.71. The number of hydrogen-bond donors (Lipinski definition) is 2. The van der Waals surface area contributed by atoms with Crippen molar-refractivity contribution < 1.29 is 9.18 Å². The third-order valence-corrected chi connectivity index (χ3v) is 3.76. The van der Waals surface area contributed by atoms with Crippen LogP contribution in [0.15, 0.2) is 36.4 Å². The first-order chi connectivity index (χ1) is 10.1. The van der Waals surface area contributed by atoms with E-state index in [0.29, 0.717) is 0 Å². The second-order valence-corrected chi connectivity index (χ2v) is 5.31. The molecule has 2 aromatic carbocycles. The molecule has 2 aromatic rings. The van der Waals surface area contributed by atoms with E-state index in [1.807, 2.05) is 18.2 Å². The van der Waals surface area contributed by atoms with Crippen molar-refractivity contribution in [2.24, 2.45) is 0 Å². The first-order valence-electron chi connectivity index (χ1n) is 7.04. The predicted molar refractivity (Wildman–Crippen MR) is 80.9 cm³/mol. The van der Waals surface area contributed by atoms with E-state index < -0.39 is 11.7 Å². The van der Waals surface area contributed by atoms with Gasteiger partial charge in [0.15, 0.2) is 0 Å². The molecule has 0 atom stereocenters. The number of benzene rings is 2. The summed E-state index contributed by atoms with van der Waals surface area (Å²) in [6, 6.07) is 10.5. The van der Waals surface area contributed by atoms with Gasteiger partial charge in [-0.3, -0.25) is 4.79 Å². The van der Waals surface area contributed by atoms with Gasteiger partial charge in [-0.05, 0) is 54.8 Å². The first-order valence-corrected chi connectivity index (χ1v) is 7.04. The molecule has 1 heterocycles. The number of halogens is 1. The monoisotopic (exact) mass is 284 g/mol. The Morgan fingerprint density at radius 3 is 2.95 bits per heavy atom. The molecule has 0 saturated carbocycles. The van der Waals surface area contributed by atoms with E-state index in [4.69, 9.17) is 0 Å². The van der Waals surface area contributed by atoms with Crippen LogP contribution in [0.2, 0.25) is 0 Å². The third kappa shape index (κ3) is 2.81. The Morgan fingerprint density at radius 2 is 2.14 bits per heavy atom. The van der Waals surface area contributed by atoms with Gasteiger partial charge in [-0.1, -0.05) is 18.2 Å². The van der Waals surface area contributed by atoms with Gasteiger partial charge >= 0.3 is 0 Å². The Morgan fingerprint density at radius 1 is 1.29 bits per heavy atom. The molecule has 0 fully saturated rings. The lowest BCUT2D eigenvalue weighted by atomic mass is 9.99. The minimum Gasteiger partial charge on any atom is -0.322 e. The van der Waals surface area contributed by atoms with E-state index in [-0.39, 0.29) is 5.56 Å². The summed E-state index contributed by atoms with van der Waals surface area (Å²) in [6.45, 7) is 3.49. The third-order valence-electron chi connectivity index (χ3n) is 3.76. The molecule has 3 nitrogen and oxygen atoms in total. The van der Waals surface area contributed by atoms with E-state index in [2.05, 4.69) is 10.6 Å². The van der Waals surface area contributed by atoms with Gasteiger partial charge in [0, 0.05) is 12.2 Å². The van der Waals surface area contributed by atoms with E-state index in [1.165, 1.54) is 17.7 Å². The van der Waals surface area contributed by atoms with Crippen molar-refractivity contribution in [3.8, 4) is 0 Å². The fourth-order valence-corrected chi connectivity index (χ4v) is 2.64. The topological polar surface area (TPSA) is 41.1 Å². The lowest BCUT2D eigenvalue weighted by Gasteiger charge is -2.20. The molecule has 0 aliphatic carbocycles. The summed E-state index contributed by atoms with van der Waals surface area (Å²) in [7, 11) is 0. The molecule has 3 rings (SSSR count). The normalized spacial score (nSPS) is 13.6. The van der Waals surface area contributed by atoms with Crippen LogP contribution in [0.5, 0.6) is 0 Å². The van der Waals surface area contributed by atoms with Crippen molar-refractivity contribution >= 4 is 11.6 Å². The summed E-state index contributed by atoms with van der Waals surface area (Å²) < 4.78 is 13.9. The molecule has 0 aromatic heterocycles. The number of anilines is 1. The summed E-state index contributed by atoms with van der Waals surface area (Å²) >= 11 is 0. The second-order valence-electron chi connectivity index (χ2n) is 5.31. The first kappa shape index (κ1) is 13.8. The summed E-state index contributed by atoms with van der Waals surface area (Å²) in [6.07, 6.45) is 0.863. The Hall–Kier alpha value is -2.20. The predicted octanol–water partition coefficient (Wildman–Crippen LogP) is 3.03. The zero-order valence-corrected chi connectivity index (χ0v) is 11.9. The van der Waals surface area contributed by atoms with Crippen LogP contribution < -0.4 is 10.6 Å². The largest absolute Gasteiger partial charge is 0.322 e. The van der Waals surface area contributed by atoms with Crippen molar-refractivity contribution in [3.05, 3.63) is 64.5 Å². The molecule has 0 radical (unpaired) electrons. The van der Waals surface area contributed by atoms with E-state index in [0.717, 1.165) is 36.3 Å². The molecule has 1 aliphatic rings. The standard InChI is InChI=1S/C17H17FN2O/c1-11-5-6-14(15(18)9-11)17(21)20-16-4-2-3-12-10-19-8-7-13(12)16/h2-6,9,19H,7-8,10H2,1H3,(H,20,21). The van der Waals surface area contributed by atoms with Crippen LogP contribution in [0.1, 0.15) is 27.0 Å². The van der Waals surface area contributed by atoms with Gasteiger partial charge in [0.2, 0.25) is 0 Å². The van der Waals surface area contributed by atoms with Crippen LogP contribution >= 0.6 is 0 Å². The molecule has 2 N–H and O–H groups in total. The van der Waals surface area contributed by atoms with Crippen LogP contribution in [-0.4, -0.2) is 12.5 Å². The molecule has 0 bridgehead atoms. The SMILES string of the molecule is Cc1ccc(C(=O)Nc2cccc3c2CCNC3)c(F)c1. The fraction of sp³-hybridized carbons (Fsp3) is 0.235. The highest BCUT2D eigenvalue weighted by Crippen LogP contribution is 2.24. The molecule has 1 aliphatic heterocycles. The quantitative estimate of drug-likeness (QED) is 0.890. The number of carbonyl (C=O) groups is 1. The second kappa shape index (κ2) is 5.66. The maximum atomic E-state index is 13.9. The van der Waals surface area contributed by atoms with Crippen LogP contribution in [0.3, 0.4) is 0 Å². The van der Waals surface area contributed by atoms with Crippen molar-refractivity contribution in [3.63, 3.8) is 0 Å². The van der Waals surface area contributed by atoms with Crippen molar-refractivity contribution in [1.82, 2.24) is 5.32 Å².